The second kappa shape index (κ2) is 29.4. The molecule has 0 aromatic rings. The summed E-state index contributed by atoms with van der Waals surface area (Å²) in [4.78, 5) is 0. The van der Waals surface area contributed by atoms with Crippen molar-refractivity contribution in [2.24, 2.45) is 0 Å². The Hall–Kier alpha value is 1.37. The van der Waals surface area contributed by atoms with Gasteiger partial charge >= 0.3 is 29.6 Å². The Morgan fingerprint density at radius 3 is 1.33 bits per heavy atom. The molecule has 0 aromatic heterocycles. The van der Waals surface area contributed by atoms with Crippen LogP contribution in [0.4, 0.5) is 0 Å². The SMILES string of the molecule is COCCO.COCCO.[AlH3].[H-].[HH].[HH].[Na+]. The van der Waals surface area contributed by atoms with Crippen LogP contribution in [0.2, 0.25) is 0 Å². The molecule has 0 aromatic carbocycles. The van der Waals surface area contributed by atoms with Crippen LogP contribution in [-0.2, 0) is 9.47 Å². The molecule has 0 spiro atoms. The summed E-state index contributed by atoms with van der Waals surface area (Å²) in [6.07, 6.45) is 0. The van der Waals surface area contributed by atoms with Crippen molar-refractivity contribution in [3.8, 4) is 0 Å². The van der Waals surface area contributed by atoms with Crippen molar-refractivity contribution in [1.82, 2.24) is 0 Å². The molecule has 0 amide bonds. The van der Waals surface area contributed by atoms with E-state index in [2.05, 4.69) is 9.47 Å². The molecule has 4 nitrogen and oxygen atoms in total. The summed E-state index contributed by atoms with van der Waals surface area (Å²) in [5.41, 5.74) is 0. The molecule has 0 rings (SSSR count). The molecule has 0 aliphatic rings. The van der Waals surface area contributed by atoms with Crippen LogP contribution in [0.1, 0.15) is 4.28 Å². The van der Waals surface area contributed by atoms with Crippen molar-refractivity contribution < 1.29 is 53.5 Å². The third-order valence-corrected chi connectivity index (χ3v) is 0.591. The molecule has 6 heteroatoms. The van der Waals surface area contributed by atoms with Crippen molar-refractivity contribution in [3.63, 3.8) is 0 Å². The predicted molar refractivity (Wildman–Crippen MR) is 53.2 cm³/mol. The van der Waals surface area contributed by atoms with Gasteiger partial charge in [0.2, 0.25) is 0 Å². The number of aliphatic hydroxyl groups is 2. The molecule has 0 heterocycles. The Bertz CT molecular complexity index is 51.4. The van der Waals surface area contributed by atoms with Gasteiger partial charge in [0.25, 0.3) is 0 Å². The van der Waals surface area contributed by atoms with E-state index in [1.165, 1.54) is 0 Å². The maximum atomic E-state index is 7.94. The Morgan fingerprint density at radius 1 is 1.08 bits per heavy atom. The molecular formula is C6H24AlNaO4. The monoisotopic (exact) mass is 210 g/mol. The van der Waals surface area contributed by atoms with Crippen LogP contribution >= 0.6 is 0 Å². The number of aliphatic hydroxyl groups excluding tert-OH is 2. The van der Waals surface area contributed by atoms with Crippen LogP contribution in [0.3, 0.4) is 0 Å². The second-order valence-electron chi connectivity index (χ2n) is 1.43. The van der Waals surface area contributed by atoms with Crippen LogP contribution in [0, 0.1) is 0 Å². The van der Waals surface area contributed by atoms with Crippen molar-refractivity contribution in [2.75, 3.05) is 40.6 Å². The van der Waals surface area contributed by atoms with Gasteiger partial charge in [-0.1, -0.05) is 0 Å². The van der Waals surface area contributed by atoms with Gasteiger partial charge < -0.3 is 21.1 Å². The average Bonchev–Trinajstić information content (AvgIpc) is 1.93. The first kappa shape index (κ1) is 23.3. The van der Waals surface area contributed by atoms with E-state index in [1.54, 1.807) is 14.2 Å². The molecule has 12 heavy (non-hydrogen) atoms. The predicted octanol–water partition coefficient (Wildman–Crippen LogP) is -4.33. The van der Waals surface area contributed by atoms with Crippen molar-refractivity contribution in [2.45, 2.75) is 0 Å². The number of hydrogen-bond acceptors (Lipinski definition) is 4. The standard InChI is InChI=1S/2C3H8O2.Al.Na.2H2.4H/c2*1-5-3-2-4;;;;;;;;/h2*4H,2-3H2,1H3;;;2*1H;;;;/q;;;+1;;;;;;-1. The van der Waals surface area contributed by atoms with Gasteiger partial charge in [0.05, 0.1) is 26.4 Å². The van der Waals surface area contributed by atoms with Crippen LogP contribution < -0.4 is 29.6 Å². The zero-order chi connectivity index (χ0) is 8.24. The first-order valence-corrected chi connectivity index (χ1v) is 3.03. The number of rotatable bonds is 4. The fraction of sp³-hybridized carbons (Fsp3) is 1.00. The zero-order valence-electron chi connectivity index (χ0n) is 8.54. The topological polar surface area (TPSA) is 58.9 Å². The Kier molecular flexibility index (Phi) is 57.2. The van der Waals surface area contributed by atoms with Crippen LogP contribution in [0.5, 0.6) is 0 Å². The van der Waals surface area contributed by atoms with Gasteiger partial charge in [-0.2, -0.15) is 0 Å². The van der Waals surface area contributed by atoms with Gasteiger partial charge in [-0.3, -0.25) is 0 Å². The summed E-state index contributed by atoms with van der Waals surface area (Å²) < 4.78 is 8.88. The van der Waals surface area contributed by atoms with E-state index in [4.69, 9.17) is 10.2 Å². The third kappa shape index (κ3) is 42.4. The minimum Gasteiger partial charge on any atom is -1.00 e. The van der Waals surface area contributed by atoms with Crippen molar-refractivity contribution in [1.29, 1.82) is 0 Å². The summed E-state index contributed by atoms with van der Waals surface area (Å²) in [7, 11) is 3.10. The molecule has 0 atom stereocenters. The van der Waals surface area contributed by atoms with Gasteiger partial charge in [-0.05, 0) is 0 Å². The van der Waals surface area contributed by atoms with Gasteiger partial charge in [0.1, 0.15) is 0 Å². The smallest absolute Gasteiger partial charge is 1.00 e. The molecule has 0 unspecified atom stereocenters. The van der Waals surface area contributed by atoms with Gasteiger partial charge in [0, 0.05) is 17.1 Å². The summed E-state index contributed by atoms with van der Waals surface area (Å²) in [6, 6.07) is 0. The van der Waals surface area contributed by atoms with E-state index in [9.17, 15) is 0 Å². The van der Waals surface area contributed by atoms with Gasteiger partial charge in [0.15, 0.2) is 17.4 Å². The number of ether oxygens (including phenoxy) is 2. The molecular weight excluding hydrogens is 186 g/mol. The molecule has 0 saturated heterocycles. The van der Waals surface area contributed by atoms with Crippen LogP contribution in [0.25, 0.3) is 0 Å². The molecule has 0 radical (unpaired) electrons. The normalized spacial score (nSPS) is 7.00. The zero-order valence-corrected chi connectivity index (χ0v) is 9.54. The van der Waals surface area contributed by atoms with Crippen molar-refractivity contribution in [3.05, 3.63) is 0 Å². The minimum atomic E-state index is 0. The molecule has 76 valence electrons. The van der Waals surface area contributed by atoms with E-state index in [-0.39, 0.29) is 64.4 Å². The fourth-order valence-corrected chi connectivity index (χ4v) is 0.183. The minimum absolute atomic E-state index is 0. The molecule has 2 N–H and O–H groups in total. The van der Waals surface area contributed by atoms with E-state index in [0.29, 0.717) is 13.2 Å². The van der Waals surface area contributed by atoms with Crippen molar-refractivity contribution >= 4 is 17.4 Å². The molecule has 0 saturated carbocycles. The largest absolute Gasteiger partial charge is 1.00 e. The first-order valence-electron chi connectivity index (χ1n) is 3.03. The molecule has 0 fully saturated rings. The van der Waals surface area contributed by atoms with Gasteiger partial charge in [-0.25, -0.2) is 0 Å². The van der Waals surface area contributed by atoms with E-state index in [1.807, 2.05) is 0 Å². The summed E-state index contributed by atoms with van der Waals surface area (Å²) in [6.45, 7) is 1.13. The van der Waals surface area contributed by atoms with Crippen LogP contribution in [0.15, 0.2) is 0 Å². The van der Waals surface area contributed by atoms with E-state index < -0.39 is 0 Å². The molecule has 0 bridgehead atoms. The Morgan fingerprint density at radius 2 is 1.33 bits per heavy atom. The second-order valence-corrected chi connectivity index (χ2v) is 1.43. The maximum Gasteiger partial charge on any atom is 1.00 e. The maximum absolute atomic E-state index is 7.94. The summed E-state index contributed by atoms with van der Waals surface area (Å²) >= 11 is 0. The Balaban J connectivity index is -0.0000000128. The Labute approximate surface area is 111 Å². The summed E-state index contributed by atoms with van der Waals surface area (Å²) in [5.74, 6) is 0. The third-order valence-electron chi connectivity index (χ3n) is 0.591. The van der Waals surface area contributed by atoms with E-state index >= 15 is 0 Å². The fourth-order valence-electron chi connectivity index (χ4n) is 0.183. The quantitative estimate of drug-likeness (QED) is 0.461. The molecule has 0 aliphatic heterocycles. The van der Waals surface area contributed by atoms with E-state index in [0.717, 1.165) is 0 Å². The number of hydrogen-bond donors (Lipinski definition) is 2. The first-order chi connectivity index (χ1) is 4.83. The number of methoxy groups -OCH3 is 2. The summed E-state index contributed by atoms with van der Waals surface area (Å²) in [5, 5.41) is 15.9. The van der Waals surface area contributed by atoms with Crippen LogP contribution in [-0.4, -0.2) is 68.2 Å². The van der Waals surface area contributed by atoms with Gasteiger partial charge in [-0.15, -0.1) is 0 Å². The average molecular weight is 210 g/mol. The molecule has 0 aliphatic carbocycles.